The van der Waals surface area contributed by atoms with E-state index in [0.717, 1.165) is 10.0 Å². The fourth-order valence-electron chi connectivity index (χ4n) is 1.52. The summed E-state index contributed by atoms with van der Waals surface area (Å²) < 4.78 is 0.949. The summed E-state index contributed by atoms with van der Waals surface area (Å²) in [5.74, 6) is -0.177. The van der Waals surface area contributed by atoms with Gasteiger partial charge in [0.2, 0.25) is 0 Å². The SMILES string of the molecule is Cc1cc(C(=O)N(CCO)CCO)ccc1Br. The van der Waals surface area contributed by atoms with Gasteiger partial charge in [0.15, 0.2) is 0 Å². The van der Waals surface area contributed by atoms with Gasteiger partial charge in [0.05, 0.1) is 13.2 Å². The Morgan fingerprint density at radius 3 is 2.35 bits per heavy atom. The maximum atomic E-state index is 12.1. The van der Waals surface area contributed by atoms with E-state index in [4.69, 9.17) is 10.2 Å². The van der Waals surface area contributed by atoms with Crippen molar-refractivity contribution in [2.75, 3.05) is 26.3 Å². The van der Waals surface area contributed by atoms with Gasteiger partial charge < -0.3 is 15.1 Å². The van der Waals surface area contributed by atoms with Gasteiger partial charge in [-0.2, -0.15) is 0 Å². The lowest BCUT2D eigenvalue weighted by atomic mass is 10.1. The number of carbonyl (C=O) groups is 1. The van der Waals surface area contributed by atoms with E-state index in [1.54, 1.807) is 12.1 Å². The molecule has 0 unspecified atom stereocenters. The van der Waals surface area contributed by atoms with E-state index in [9.17, 15) is 4.79 Å². The van der Waals surface area contributed by atoms with E-state index in [1.807, 2.05) is 13.0 Å². The Hall–Kier alpha value is -0.910. The lowest BCUT2D eigenvalue weighted by molar-refractivity contribution is 0.0684. The first-order chi connectivity index (χ1) is 8.10. The van der Waals surface area contributed by atoms with Crippen molar-refractivity contribution in [1.82, 2.24) is 4.90 Å². The molecule has 2 N–H and O–H groups in total. The van der Waals surface area contributed by atoms with Crippen molar-refractivity contribution in [1.29, 1.82) is 0 Å². The molecule has 0 fully saturated rings. The Morgan fingerprint density at radius 1 is 1.29 bits per heavy atom. The van der Waals surface area contributed by atoms with Crippen LogP contribution >= 0.6 is 15.9 Å². The van der Waals surface area contributed by atoms with E-state index < -0.39 is 0 Å². The second-order valence-electron chi connectivity index (χ2n) is 3.70. The van der Waals surface area contributed by atoms with Crippen LogP contribution in [0.4, 0.5) is 0 Å². The molecule has 0 aliphatic heterocycles. The lowest BCUT2D eigenvalue weighted by Crippen LogP contribution is -2.35. The van der Waals surface area contributed by atoms with Crippen LogP contribution in [0, 0.1) is 6.92 Å². The van der Waals surface area contributed by atoms with E-state index in [1.165, 1.54) is 4.90 Å². The number of halogens is 1. The van der Waals surface area contributed by atoms with Gasteiger partial charge in [0.1, 0.15) is 0 Å². The quantitative estimate of drug-likeness (QED) is 0.859. The lowest BCUT2D eigenvalue weighted by Gasteiger charge is -2.20. The molecule has 0 aliphatic carbocycles. The second-order valence-corrected chi connectivity index (χ2v) is 4.56. The fraction of sp³-hybridized carbons (Fsp3) is 0.417. The summed E-state index contributed by atoms with van der Waals surface area (Å²) in [5, 5.41) is 17.7. The van der Waals surface area contributed by atoms with Gasteiger partial charge >= 0.3 is 0 Å². The van der Waals surface area contributed by atoms with Crippen LogP contribution in [0.15, 0.2) is 22.7 Å². The molecule has 0 heterocycles. The molecule has 0 aromatic heterocycles. The van der Waals surface area contributed by atoms with Crippen LogP contribution in [0.5, 0.6) is 0 Å². The zero-order valence-electron chi connectivity index (χ0n) is 9.69. The van der Waals surface area contributed by atoms with Crippen molar-refractivity contribution >= 4 is 21.8 Å². The number of aliphatic hydroxyl groups is 2. The number of aliphatic hydroxyl groups excluding tert-OH is 2. The summed E-state index contributed by atoms with van der Waals surface area (Å²) >= 11 is 3.37. The minimum atomic E-state index is -0.177. The van der Waals surface area contributed by atoms with Crippen molar-refractivity contribution in [3.63, 3.8) is 0 Å². The van der Waals surface area contributed by atoms with Gasteiger partial charge in [-0.3, -0.25) is 4.79 Å². The number of nitrogens with zero attached hydrogens (tertiary/aromatic N) is 1. The Kier molecular flexibility index (Phi) is 5.61. The van der Waals surface area contributed by atoms with Gasteiger partial charge in [-0.05, 0) is 30.7 Å². The standard InChI is InChI=1S/C12H16BrNO3/c1-9-8-10(2-3-11(9)13)12(17)14(4-6-15)5-7-16/h2-3,8,15-16H,4-7H2,1H3. The van der Waals surface area contributed by atoms with Crippen molar-refractivity contribution in [3.8, 4) is 0 Å². The van der Waals surface area contributed by atoms with Gasteiger partial charge in [-0.1, -0.05) is 15.9 Å². The maximum absolute atomic E-state index is 12.1. The van der Waals surface area contributed by atoms with Crippen LogP contribution in [0.1, 0.15) is 15.9 Å². The molecule has 1 rings (SSSR count). The third-order valence-electron chi connectivity index (χ3n) is 2.43. The highest BCUT2D eigenvalue weighted by atomic mass is 79.9. The van der Waals surface area contributed by atoms with Crippen molar-refractivity contribution in [3.05, 3.63) is 33.8 Å². The Bertz CT molecular complexity index is 389. The molecule has 0 aliphatic rings. The summed E-state index contributed by atoms with van der Waals surface area (Å²) in [6, 6.07) is 5.33. The van der Waals surface area contributed by atoms with Gasteiger partial charge in [0, 0.05) is 23.1 Å². The third kappa shape index (κ3) is 3.80. The zero-order valence-corrected chi connectivity index (χ0v) is 11.3. The van der Waals surface area contributed by atoms with Gasteiger partial charge in [0.25, 0.3) is 5.91 Å². The number of carbonyl (C=O) groups excluding carboxylic acids is 1. The molecule has 94 valence electrons. The highest BCUT2D eigenvalue weighted by molar-refractivity contribution is 9.10. The molecular formula is C12H16BrNO3. The third-order valence-corrected chi connectivity index (χ3v) is 3.32. The summed E-state index contributed by atoms with van der Waals surface area (Å²) in [5.41, 5.74) is 1.54. The fourth-order valence-corrected chi connectivity index (χ4v) is 1.76. The molecule has 5 heteroatoms. The Labute approximate surface area is 109 Å². The molecule has 0 radical (unpaired) electrons. The van der Waals surface area contributed by atoms with Crippen LogP contribution in [0.25, 0.3) is 0 Å². The molecule has 0 bridgehead atoms. The van der Waals surface area contributed by atoms with Crippen molar-refractivity contribution in [2.24, 2.45) is 0 Å². The van der Waals surface area contributed by atoms with Crippen LogP contribution in [-0.4, -0.2) is 47.3 Å². The molecule has 0 saturated carbocycles. The Morgan fingerprint density at radius 2 is 1.88 bits per heavy atom. The highest BCUT2D eigenvalue weighted by Crippen LogP contribution is 2.18. The molecule has 1 aromatic carbocycles. The Balaban J connectivity index is 2.88. The smallest absolute Gasteiger partial charge is 0.254 e. The molecule has 0 atom stereocenters. The van der Waals surface area contributed by atoms with Crippen LogP contribution in [-0.2, 0) is 0 Å². The largest absolute Gasteiger partial charge is 0.395 e. The van der Waals surface area contributed by atoms with E-state index in [-0.39, 0.29) is 32.2 Å². The molecule has 0 saturated heterocycles. The van der Waals surface area contributed by atoms with Gasteiger partial charge in [-0.25, -0.2) is 0 Å². The summed E-state index contributed by atoms with van der Waals surface area (Å²) in [6.45, 7) is 2.15. The first kappa shape index (κ1) is 14.2. The monoisotopic (exact) mass is 301 g/mol. The van der Waals surface area contributed by atoms with Gasteiger partial charge in [-0.15, -0.1) is 0 Å². The average molecular weight is 302 g/mol. The first-order valence-corrected chi connectivity index (χ1v) is 6.16. The summed E-state index contributed by atoms with van der Waals surface area (Å²) in [6.07, 6.45) is 0. The number of benzene rings is 1. The van der Waals surface area contributed by atoms with Crippen LogP contribution in [0.2, 0.25) is 0 Å². The van der Waals surface area contributed by atoms with Crippen molar-refractivity contribution in [2.45, 2.75) is 6.92 Å². The number of rotatable bonds is 5. The highest BCUT2D eigenvalue weighted by Gasteiger charge is 2.15. The second kappa shape index (κ2) is 6.74. The van der Waals surface area contributed by atoms with E-state index in [0.29, 0.717) is 5.56 Å². The molecule has 0 spiro atoms. The topological polar surface area (TPSA) is 60.8 Å². The minimum Gasteiger partial charge on any atom is -0.395 e. The zero-order chi connectivity index (χ0) is 12.8. The molecule has 1 aromatic rings. The predicted octanol–water partition coefficient (Wildman–Crippen LogP) is 1.18. The number of aryl methyl sites for hydroxylation is 1. The predicted molar refractivity (Wildman–Crippen MR) is 69.0 cm³/mol. The summed E-state index contributed by atoms with van der Waals surface area (Å²) in [7, 11) is 0. The molecule has 17 heavy (non-hydrogen) atoms. The average Bonchev–Trinajstić information content (AvgIpc) is 2.31. The first-order valence-electron chi connectivity index (χ1n) is 5.37. The number of amides is 1. The number of hydrogen-bond donors (Lipinski definition) is 2. The van der Waals surface area contributed by atoms with Crippen molar-refractivity contribution < 1.29 is 15.0 Å². The minimum absolute atomic E-state index is 0.110. The molecular weight excluding hydrogens is 286 g/mol. The number of hydrogen-bond acceptors (Lipinski definition) is 3. The summed E-state index contributed by atoms with van der Waals surface area (Å²) in [4.78, 5) is 13.5. The maximum Gasteiger partial charge on any atom is 0.254 e. The van der Waals surface area contributed by atoms with Crippen LogP contribution in [0.3, 0.4) is 0 Å². The van der Waals surface area contributed by atoms with Crippen LogP contribution < -0.4 is 0 Å². The van der Waals surface area contributed by atoms with E-state index in [2.05, 4.69) is 15.9 Å². The van der Waals surface area contributed by atoms with E-state index >= 15 is 0 Å². The molecule has 1 amide bonds. The normalized spacial score (nSPS) is 10.4. The molecule has 4 nitrogen and oxygen atoms in total.